The SMILES string of the molecule is CC(C)C1NC(=O)CCN(C2CC=CCC2)C1=O. The second-order valence-corrected chi connectivity index (χ2v) is 5.51. The highest BCUT2D eigenvalue weighted by atomic mass is 16.2. The summed E-state index contributed by atoms with van der Waals surface area (Å²) in [6.07, 6.45) is 7.71. The number of hydrogen-bond donors (Lipinski definition) is 1. The van der Waals surface area contributed by atoms with E-state index in [1.165, 1.54) is 0 Å². The third-order valence-electron chi connectivity index (χ3n) is 3.79. The van der Waals surface area contributed by atoms with Crippen LogP contribution in [0.2, 0.25) is 0 Å². The highest BCUT2D eigenvalue weighted by Gasteiger charge is 2.35. The van der Waals surface area contributed by atoms with Gasteiger partial charge < -0.3 is 10.2 Å². The number of carbonyl (C=O) groups is 2. The van der Waals surface area contributed by atoms with E-state index in [0.29, 0.717) is 13.0 Å². The maximum atomic E-state index is 12.5. The van der Waals surface area contributed by atoms with E-state index in [-0.39, 0.29) is 29.8 Å². The molecule has 4 heteroatoms. The Labute approximate surface area is 108 Å². The normalized spacial score (nSPS) is 29.4. The van der Waals surface area contributed by atoms with Crippen molar-refractivity contribution < 1.29 is 9.59 Å². The summed E-state index contributed by atoms with van der Waals surface area (Å²) in [5.41, 5.74) is 0. The van der Waals surface area contributed by atoms with E-state index in [1.54, 1.807) is 0 Å². The molecular formula is C14H22N2O2. The molecule has 100 valence electrons. The predicted molar refractivity (Wildman–Crippen MR) is 69.9 cm³/mol. The average Bonchev–Trinajstić information content (AvgIpc) is 2.50. The third kappa shape index (κ3) is 2.74. The van der Waals surface area contributed by atoms with Crippen molar-refractivity contribution >= 4 is 11.8 Å². The van der Waals surface area contributed by atoms with Gasteiger partial charge in [0.25, 0.3) is 0 Å². The fourth-order valence-corrected chi connectivity index (χ4v) is 2.69. The maximum absolute atomic E-state index is 12.5. The molecule has 1 fully saturated rings. The van der Waals surface area contributed by atoms with Gasteiger partial charge in [-0.2, -0.15) is 0 Å². The second kappa shape index (κ2) is 5.55. The van der Waals surface area contributed by atoms with Crippen molar-refractivity contribution in [3.8, 4) is 0 Å². The fourth-order valence-electron chi connectivity index (χ4n) is 2.69. The van der Waals surface area contributed by atoms with Gasteiger partial charge in [0.1, 0.15) is 6.04 Å². The number of hydrogen-bond acceptors (Lipinski definition) is 2. The Morgan fingerprint density at radius 3 is 2.72 bits per heavy atom. The molecule has 2 rings (SSSR count). The van der Waals surface area contributed by atoms with Crippen LogP contribution in [0.3, 0.4) is 0 Å². The summed E-state index contributed by atoms with van der Waals surface area (Å²) in [4.78, 5) is 26.1. The summed E-state index contributed by atoms with van der Waals surface area (Å²) in [7, 11) is 0. The van der Waals surface area contributed by atoms with Gasteiger partial charge in [0.15, 0.2) is 0 Å². The van der Waals surface area contributed by atoms with Crippen LogP contribution >= 0.6 is 0 Å². The lowest BCUT2D eigenvalue weighted by molar-refractivity contribution is -0.136. The van der Waals surface area contributed by atoms with E-state index in [2.05, 4.69) is 17.5 Å². The van der Waals surface area contributed by atoms with Crippen LogP contribution in [0.1, 0.15) is 39.5 Å². The fraction of sp³-hybridized carbons (Fsp3) is 0.714. The largest absolute Gasteiger partial charge is 0.344 e. The lowest BCUT2D eigenvalue weighted by Gasteiger charge is -2.34. The van der Waals surface area contributed by atoms with E-state index >= 15 is 0 Å². The van der Waals surface area contributed by atoms with Crippen LogP contribution in [0, 0.1) is 5.92 Å². The zero-order valence-electron chi connectivity index (χ0n) is 11.2. The summed E-state index contributed by atoms with van der Waals surface area (Å²) in [6.45, 7) is 4.52. The molecular weight excluding hydrogens is 228 g/mol. The molecule has 0 aromatic rings. The average molecular weight is 250 g/mol. The smallest absolute Gasteiger partial charge is 0.245 e. The molecule has 2 atom stereocenters. The van der Waals surface area contributed by atoms with Crippen LogP contribution in [0.15, 0.2) is 12.2 Å². The highest BCUT2D eigenvalue weighted by Crippen LogP contribution is 2.21. The molecule has 1 aliphatic carbocycles. The molecule has 4 nitrogen and oxygen atoms in total. The van der Waals surface area contributed by atoms with Crippen molar-refractivity contribution in [2.45, 2.75) is 51.6 Å². The molecule has 0 spiro atoms. The van der Waals surface area contributed by atoms with E-state index in [0.717, 1.165) is 19.3 Å². The van der Waals surface area contributed by atoms with E-state index < -0.39 is 0 Å². The van der Waals surface area contributed by atoms with Crippen molar-refractivity contribution in [2.24, 2.45) is 5.92 Å². The Morgan fingerprint density at radius 1 is 1.33 bits per heavy atom. The zero-order chi connectivity index (χ0) is 13.1. The van der Waals surface area contributed by atoms with Crippen molar-refractivity contribution in [3.05, 3.63) is 12.2 Å². The van der Waals surface area contributed by atoms with E-state index in [4.69, 9.17) is 0 Å². The highest BCUT2D eigenvalue weighted by molar-refractivity contribution is 5.90. The molecule has 0 radical (unpaired) electrons. The number of carbonyl (C=O) groups excluding carboxylic acids is 2. The van der Waals surface area contributed by atoms with Crippen LogP contribution in [0.25, 0.3) is 0 Å². The third-order valence-corrected chi connectivity index (χ3v) is 3.79. The van der Waals surface area contributed by atoms with Crippen LogP contribution < -0.4 is 5.32 Å². The Hall–Kier alpha value is -1.32. The van der Waals surface area contributed by atoms with E-state index in [9.17, 15) is 9.59 Å². The topological polar surface area (TPSA) is 49.4 Å². The number of nitrogens with zero attached hydrogens (tertiary/aromatic N) is 1. The lowest BCUT2D eigenvalue weighted by atomic mass is 9.97. The van der Waals surface area contributed by atoms with Crippen molar-refractivity contribution in [3.63, 3.8) is 0 Å². The lowest BCUT2D eigenvalue weighted by Crippen LogP contribution is -2.50. The molecule has 0 aromatic heterocycles. The first-order chi connectivity index (χ1) is 8.59. The second-order valence-electron chi connectivity index (χ2n) is 5.51. The van der Waals surface area contributed by atoms with Crippen LogP contribution in [0.5, 0.6) is 0 Å². The van der Waals surface area contributed by atoms with Crippen molar-refractivity contribution in [1.82, 2.24) is 10.2 Å². The minimum absolute atomic E-state index is 0.00379. The minimum Gasteiger partial charge on any atom is -0.344 e. The number of allylic oxidation sites excluding steroid dienone is 1. The van der Waals surface area contributed by atoms with Gasteiger partial charge in [-0.3, -0.25) is 9.59 Å². The first-order valence-electron chi connectivity index (χ1n) is 6.84. The van der Waals surface area contributed by atoms with E-state index in [1.807, 2.05) is 18.7 Å². The summed E-state index contributed by atoms with van der Waals surface area (Å²) < 4.78 is 0. The molecule has 18 heavy (non-hydrogen) atoms. The Kier molecular flexibility index (Phi) is 4.04. The van der Waals surface area contributed by atoms with Gasteiger partial charge in [-0.05, 0) is 25.2 Å². The van der Waals surface area contributed by atoms with Crippen LogP contribution in [-0.4, -0.2) is 35.3 Å². The molecule has 1 saturated heterocycles. The standard InChI is InChI=1S/C14H22N2O2/c1-10(2)13-14(18)16(9-8-12(17)15-13)11-6-4-3-5-7-11/h3-4,10-11,13H,5-9H2,1-2H3,(H,15,17). The van der Waals surface area contributed by atoms with Gasteiger partial charge in [-0.15, -0.1) is 0 Å². The van der Waals surface area contributed by atoms with Gasteiger partial charge in [0.2, 0.25) is 11.8 Å². The molecule has 2 amide bonds. The van der Waals surface area contributed by atoms with Gasteiger partial charge >= 0.3 is 0 Å². The number of amides is 2. The molecule has 2 aliphatic rings. The Bertz CT molecular complexity index is 363. The molecule has 0 aromatic carbocycles. The van der Waals surface area contributed by atoms with Crippen molar-refractivity contribution in [1.29, 1.82) is 0 Å². The number of rotatable bonds is 2. The Balaban J connectivity index is 2.15. The zero-order valence-corrected chi connectivity index (χ0v) is 11.2. The summed E-state index contributed by atoms with van der Waals surface area (Å²) >= 11 is 0. The monoisotopic (exact) mass is 250 g/mol. The van der Waals surface area contributed by atoms with Gasteiger partial charge in [-0.1, -0.05) is 26.0 Å². The molecule has 1 heterocycles. The Morgan fingerprint density at radius 2 is 2.11 bits per heavy atom. The molecule has 0 bridgehead atoms. The van der Waals surface area contributed by atoms with Gasteiger partial charge in [0.05, 0.1) is 0 Å². The summed E-state index contributed by atoms with van der Waals surface area (Å²) in [5.74, 6) is 0.230. The first-order valence-corrected chi connectivity index (χ1v) is 6.84. The van der Waals surface area contributed by atoms with Crippen LogP contribution in [-0.2, 0) is 9.59 Å². The summed E-state index contributed by atoms with van der Waals surface area (Å²) in [5, 5.41) is 2.85. The first kappa shape index (κ1) is 13.1. The maximum Gasteiger partial charge on any atom is 0.245 e. The minimum atomic E-state index is -0.356. The van der Waals surface area contributed by atoms with Gasteiger partial charge in [0, 0.05) is 19.0 Å². The number of nitrogens with one attached hydrogen (secondary N) is 1. The predicted octanol–water partition coefficient (Wildman–Crippen LogP) is 1.47. The van der Waals surface area contributed by atoms with Crippen LogP contribution in [0.4, 0.5) is 0 Å². The quantitative estimate of drug-likeness (QED) is 0.754. The molecule has 1 N–H and O–H groups in total. The van der Waals surface area contributed by atoms with Gasteiger partial charge in [-0.25, -0.2) is 0 Å². The molecule has 0 saturated carbocycles. The summed E-state index contributed by atoms with van der Waals surface area (Å²) in [6, 6.07) is -0.0812. The van der Waals surface area contributed by atoms with Crippen molar-refractivity contribution in [2.75, 3.05) is 6.54 Å². The molecule has 1 aliphatic heterocycles. The molecule has 2 unspecified atom stereocenters.